The van der Waals surface area contributed by atoms with Crippen molar-refractivity contribution in [3.8, 4) is 0 Å². The number of aromatic nitrogens is 2. The molecule has 0 fully saturated rings. The van der Waals surface area contributed by atoms with Crippen LogP contribution in [0.1, 0.15) is 70.3 Å². The van der Waals surface area contributed by atoms with Gasteiger partial charge in [0.05, 0.1) is 12.1 Å². The molecule has 0 unspecified atom stereocenters. The second-order valence-electron chi connectivity index (χ2n) is 10.4. The van der Waals surface area contributed by atoms with Gasteiger partial charge in [-0.15, -0.1) is 22.7 Å². The molecule has 5 rings (SSSR count). The van der Waals surface area contributed by atoms with Gasteiger partial charge in [-0.3, -0.25) is 20.2 Å². The normalized spacial score (nSPS) is 11.2. The molecule has 3 aromatic carbocycles. The van der Waals surface area contributed by atoms with Crippen molar-refractivity contribution in [1.29, 1.82) is 0 Å². The zero-order valence-electron chi connectivity index (χ0n) is 25.4. The molecular formula is C35H35N5O4S2. The molecule has 0 saturated heterocycles. The smallest absolute Gasteiger partial charge is 0.357 e. The number of rotatable bonds is 15. The summed E-state index contributed by atoms with van der Waals surface area (Å²) in [5.41, 5.74) is 3.26. The highest BCUT2D eigenvalue weighted by Gasteiger charge is 2.35. The predicted octanol–water partition coefficient (Wildman–Crippen LogP) is 7.11. The lowest BCUT2D eigenvalue weighted by molar-refractivity contribution is -0.116. The molecule has 2 amide bonds. The lowest BCUT2D eigenvalue weighted by Crippen LogP contribution is -2.45. The van der Waals surface area contributed by atoms with E-state index in [1.54, 1.807) is 12.3 Å². The van der Waals surface area contributed by atoms with Crippen molar-refractivity contribution >= 4 is 50.7 Å². The van der Waals surface area contributed by atoms with Crippen LogP contribution < -0.4 is 16.0 Å². The molecular weight excluding hydrogens is 619 g/mol. The number of carbonyl (C=O) groups is 3. The van der Waals surface area contributed by atoms with Crippen molar-refractivity contribution in [2.45, 2.75) is 38.1 Å². The first kappa shape index (κ1) is 32.7. The number of hydrogen-bond donors (Lipinski definition) is 3. The maximum atomic E-state index is 12.6. The molecule has 46 heavy (non-hydrogen) atoms. The standard InChI is InChI=1S/C35H35N5O4S2/c1-2-44-32(43)29-24-46-34(38-29)40-31(42)28-23-45-33(37-28)39-30(41)21-13-6-14-22-36-35(25-15-7-3-8-16-25,26-17-9-4-10-18-26)27-19-11-5-12-20-27/h3-5,7-12,15-20,23-24,36H,2,6,13-14,21-22H2,1H3,(H,37,39,41)(H,38,40,42). The molecule has 0 spiro atoms. The molecule has 0 aliphatic carbocycles. The van der Waals surface area contributed by atoms with E-state index in [4.69, 9.17) is 4.74 Å². The van der Waals surface area contributed by atoms with E-state index in [0.717, 1.165) is 47.4 Å². The SMILES string of the molecule is CCOC(=O)c1csc(NC(=O)c2csc(NC(=O)CCCCCNC(c3ccccc3)(c3ccccc3)c3ccccc3)n2)n1. The van der Waals surface area contributed by atoms with Crippen LogP contribution in [0.25, 0.3) is 0 Å². The minimum absolute atomic E-state index is 0.132. The molecule has 11 heteroatoms. The molecule has 0 radical (unpaired) electrons. The zero-order valence-corrected chi connectivity index (χ0v) is 27.0. The van der Waals surface area contributed by atoms with Gasteiger partial charge in [-0.25, -0.2) is 14.8 Å². The van der Waals surface area contributed by atoms with E-state index in [-0.39, 0.29) is 29.0 Å². The van der Waals surface area contributed by atoms with E-state index in [1.807, 2.05) is 18.2 Å². The largest absolute Gasteiger partial charge is 0.461 e. The summed E-state index contributed by atoms with van der Waals surface area (Å²) in [6.45, 7) is 2.70. The van der Waals surface area contributed by atoms with Gasteiger partial charge in [-0.2, -0.15) is 0 Å². The van der Waals surface area contributed by atoms with Crippen LogP contribution >= 0.6 is 22.7 Å². The van der Waals surface area contributed by atoms with Gasteiger partial charge in [0.2, 0.25) is 5.91 Å². The number of thiazole rings is 2. The van der Waals surface area contributed by atoms with Crippen molar-refractivity contribution in [3.05, 3.63) is 130 Å². The highest BCUT2D eigenvalue weighted by molar-refractivity contribution is 7.14. The van der Waals surface area contributed by atoms with Crippen molar-refractivity contribution < 1.29 is 19.1 Å². The number of anilines is 2. The molecule has 5 aromatic rings. The lowest BCUT2D eigenvalue weighted by Gasteiger charge is -2.37. The highest BCUT2D eigenvalue weighted by Crippen LogP contribution is 2.36. The number of nitrogens with zero attached hydrogens (tertiary/aromatic N) is 2. The number of ether oxygens (including phenoxy) is 1. The van der Waals surface area contributed by atoms with E-state index in [0.29, 0.717) is 18.0 Å². The van der Waals surface area contributed by atoms with E-state index >= 15 is 0 Å². The summed E-state index contributed by atoms with van der Waals surface area (Å²) < 4.78 is 4.92. The summed E-state index contributed by atoms with van der Waals surface area (Å²) in [5, 5.41) is 13.0. The molecule has 0 saturated carbocycles. The fourth-order valence-corrected chi connectivity index (χ4v) is 6.52. The third kappa shape index (κ3) is 8.11. The van der Waals surface area contributed by atoms with Gasteiger partial charge in [0.15, 0.2) is 16.0 Å². The molecule has 236 valence electrons. The van der Waals surface area contributed by atoms with Crippen LogP contribution in [0.5, 0.6) is 0 Å². The average Bonchev–Trinajstić information content (AvgIpc) is 3.76. The molecule has 0 aliphatic rings. The summed E-state index contributed by atoms with van der Waals surface area (Å²) in [7, 11) is 0. The highest BCUT2D eigenvalue weighted by atomic mass is 32.1. The van der Waals surface area contributed by atoms with Crippen molar-refractivity contribution in [3.63, 3.8) is 0 Å². The lowest BCUT2D eigenvalue weighted by atomic mass is 9.77. The Morgan fingerprint density at radius 1 is 0.696 bits per heavy atom. The van der Waals surface area contributed by atoms with E-state index < -0.39 is 17.4 Å². The maximum Gasteiger partial charge on any atom is 0.357 e. The van der Waals surface area contributed by atoms with Crippen LogP contribution in [-0.4, -0.2) is 40.9 Å². The zero-order chi connectivity index (χ0) is 32.2. The first-order valence-electron chi connectivity index (χ1n) is 15.1. The molecule has 2 aromatic heterocycles. The molecule has 9 nitrogen and oxygen atoms in total. The van der Waals surface area contributed by atoms with E-state index in [9.17, 15) is 14.4 Å². The Bertz CT molecular complexity index is 1630. The molecule has 0 aliphatic heterocycles. The molecule has 0 bridgehead atoms. The van der Waals surface area contributed by atoms with Gasteiger partial charge >= 0.3 is 5.97 Å². The fraction of sp³-hybridized carbons (Fsp3) is 0.229. The van der Waals surface area contributed by atoms with Crippen molar-refractivity contribution in [1.82, 2.24) is 15.3 Å². The number of carbonyl (C=O) groups excluding carboxylic acids is 3. The van der Waals surface area contributed by atoms with Gasteiger partial charge in [-0.05, 0) is 43.0 Å². The minimum Gasteiger partial charge on any atom is -0.461 e. The van der Waals surface area contributed by atoms with Crippen molar-refractivity contribution in [2.75, 3.05) is 23.8 Å². The topological polar surface area (TPSA) is 122 Å². The minimum atomic E-state index is -0.547. The first-order chi connectivity index (χ1) is 22.5. The number of hydrogen-bond acceptors (Lipinski definition) is 9. The fourth-order valence-electron chi connectivity index (χ4n) is 5.14. The Kier molecular flexibility index (Phi) is 11.4. The predicted molar refractivity (Wildman–Crippen MR) is 182 cm³/mol. The van der Waals surface area contributed by atoms with Gasteiger partial charge in [0.1, 0.15) is 5.69 Å². The third-order valence-corrected chi connectivity index (χ3v) is 8.80. The van der Waals surface area contributed by atoms with Crippen LogP contribution in [0.3, 0.4) is 0 Å². The van der Waals surface area contributed by atoms with Crippen LogP contribution in [-0.2, 0) is 15.1 Å². The molecule has 2 heterocycles. The number of nitrogens with one attached hydrogen (secondary N) is 3. The molecule has 0 atom stereocenters. The van der Waals surface area contributed by atoms with E-state index in [1.165, 1.54) is 16.7 Å². The monoisotopic (exact) mass is 653 g/mol. The van der Waals surface area contributed by atoms with Crippen LogP contribution in [0.2, 0.25) is 0 Å². The summed E-state index contributed by atoms with van der Waals surface area (Å²) >= 11 is 2.29. The summed E-state index contributed by atoms with van der Waals surface area (Å²) in [6.07, 6.45) is 2.81. The quantitative estimate of drug-likeness (QED) is 0.0625. The Hall–Kier alpha value is -4.71. The number of unbranched alkanes of at least 4 members (excludes halogenated alkanes) is 2. The summed E-state index contributed by atoms with van der Waals surface area (Å²) in [6, 6.07) is 31.5. The second kappa shape index (κ2) is 16.0. The number of esters is 1. The average molecular weight is 654 g/mol. The van der Waals surface area contributed by atoms with Gasteiger partial charge in [0.25, 0.3) is 5.91 Å². The summed E-state index contributed by atoms with van der Waals surface area (Å²) in [4.78, 5) is 45.4. The van der Waals surface area contributed by atoms with Crippen molar-refractivity contribution in [2.24, 2.45) is 0 Å². The summed E-state index contributed by atoms with van der Waals surface area (Å²) in [5.74, 6) is -1.18. The van der Waals surface area contributed by atoms with Crippen LogP contribution in [0, 0.1) is 0 Å². The Morgan fingerprint density at radius 2 is 1.22 bits per heavy atom. The van der Waals surface area contributed by atoms with E-state index in [2.05, 4.69) is 98.7 Å². The Balaban J connectivity index is 1.11. The first-order valence-corrected chi connectivity index (χ1v) is 16.9. The maximum absolute atomic E-state index is 12.6. The van der Waals surface area contributed by atoms with Crippen LogP contribution in [0.15, 0.2) is 102 Å². The number of amides is 2. The van der Waals surface area contributed by atoms with Gasteiger partial charge < -0.3 is 10.1 Å². The Labute approximate surface area is 276 Å². The number of benzene rings is 3. The van der Waals surface area contributed by atoms with Gasteiger partial charge in [-0.1, -0.05) is 97.4 Å². The van der Waals surface area contributed by atoms with Crippen LogP contribution in [0.4, 0.5) is 10.3 Å². The molecule has 3 N–H and O–H groups in total. The third-order valence-electron chi connectivity index (χ3n) is 7.28. The Morgan fingerprint density at radius 3 is 1.78 bits per heavy atom. The second-order valence-corrected chi connectivity index (χ2v) is 12.1. The van der Waals surface area contributed by atoms with Gasteiger partial charge in [0, 0.05) is 17.2 Å².